The van der Waals surface area contributed by atoms with Crippen LogP contribution in [0.3, 0.4) is 0 Å². The zero-order valence-corrected chi connectivity index (χ0v) is 16.2. The van der Waals surface area contributed by atoms with Gasteiger partial charge in [-0.3, -0.25) is 9.79 Å². The lowest BCUT2D eigenvalue weighted by atomic mass is 9.79. The van der Waals surface area contributed by atoms with Gasteiger partial charge in [-0.15, -0.1) is 0 Å². The van der Waals surface area contributed by atoms with Crippen molar-refractivity contribution in [1.82, 2.24) is 16.0 Å². The van der Waals surface area contributed by atoms with Crippen molar-refractivity contribution >= 4 is 11.9 Å². The molecule has 0 aromatic carbocycles. The van der Waals surface area contributed by atoms with E-state index in [0.717, 1.165) is 38.2 Å². The first-order valence-electron chi connectivity index (χ1n) is 9.39. The van der Waals surface area contributed by atoms with Crippen LogP contribution in [0.2, 0.25) is 0 Å². The molecule has 142 valence electrons. The molecule has 0 aromatic rings. The fourth-order valence-corrected chi connectivity index (χ4v) is 2.48. The number of nitrogens with one attached hydrogen (secondary N) is 3. The second-order valence-corrected chi connectivity index (χ2v) is 6.43. The number of aliphatic imine (C=N–C) groups is 1. The minimum atomic E-state index is 0.0467. The van der Waals surface area contributed by atoms with E-state index in [1.165, 1.54) is 0 Å². The summed E-state index contributed by atoms with van der Waals surface area (Å²) >= 11 is 0. The highest BCUT2D eigenvalue weighted by Gasteiger charge is 2.25. The van der Waals surface area contributed by atoms with Gasteiger partial charge in [-0.1, -0.05) is 20.8 Å². The summed E-state index contributed by atoms with van der Waals surface area (Å²) in [6.45, 7) is 12.6. The summed E-state index contributed by atoms with van der Waals surface area (Å²) in [5.74, 6) is 0.794. The van der Waals surface area contributed by atoms with Crippen LogP contribution in [0.25, 0.3) is 0 Å². The SMILES string of the molecule is CCNC(=NCC(CC)(CC)CCO)NCCC(=O)NC(C)CC. The van der Waals surface area contributed by atoms with Crippen LogP contribution in [0, 0.1) is 5.41 Å². The third kappa shape index (κ3) is 9.11. The molecule has 1 unspecified atom stereocenters. The van der Waals surface area contributed by atoms with Crippen molar-refractivity contribution in [2.75, 3.05) is 26.2 Å². The van der Waals surface area contributed by atoms with Crippen LogP contribution in [0.4, 0.5) is 0 Å². The van der Waals surface area contributed by atoms with Crippen LogP contribution < -0.4 is 16.0 Å². The topological polar surface area (TPSA) is 85.8 Å². The van der Waals surface area contributed by atoms with E-state index in [0.29, 0.717) is 19.5 Å². The molecule has 0 spiro atoms. The Morgan fingerprint density at radius 3 is 2.33 bits per heavy atom. The second-order valence-electron chi connectivity index (χ2n) is 6.43. The molecule has 0 fully saturated rings. The lowest BCUT2D eigenvalue weighted by Crippen LogP contribution is -2.41. The fraction of sp³-hybridized carbons (Fsp3) is 0.889. The number of hydrogen-bond acceptors (Lipinski definition) is 3. The molecule has 1 amide bonds. The van der Waals surface area contributed by atoms with Crippen molar-refractivity contribution in [3.8, 4) is 0 Å². The third-order valence-electron chi connectivity index (χ3n) is 4.72. The Labute approximate surface area is 147 Å². The van der Waals surface area contributed by atoms with Gasteiger partial charge < -0.3 is 21.1 Å². The van der Waals surface area contributed by atoms with Gasteiger partial charge in [0, 0.05) is 38.7 Å². The Hall–Kier alpha value is -1.30. The first-order chi connectivity index (χ1) is 11.5. The predicted molar refractivity (Wildman–Crippen MR) is 101 cm³/mol. The zero-order chi connectivity index (χ0) is 18.4. The van der Waals surface area contributed by atoms with Gasteiger partial charge in [-0.25, -0.2) is 0 Å². The molecule has 0 saturated heterocycles. The number of hydrogen-bond donors (Lipinski definition) is 4. The summed E-state index contributed by atoms with van der Waals surface area (Å²) in [6.07, 6.45) is 4.11. The Morgan fingerprint density at radius 1 is 1.17 bits per heavy atom. The Kier molecular flexibility index (Phi) is 12.3. The number of amides is 1. The van der Waals surface area contributed by atoms with Crippen LogP contribution in [0.5, 0.6) is 0 Å². The van der Waals surface area contributed by atoms with E-state index < -0.39 is 0 Å². The highest BCUT2D eigenvalue weighted by molar-refractivity contribution is 5.81. The van der Waals surface area contributed by atoms with Crippen molar-refractivity contribution in [2.45, 2.75) is 72.8 Å². The average Bonchev–Trinajstić information content (AvgIpc) is 2.58. The average molecular weight is 343 g/mol. The molecule has 6 nitrogen and oxygen atoms in total. The summed E-state index contributed by atoms with van der Waals surface area (Å²) in [5, 5.41) is 18.7. The first kappa shape index (κ1) is 22.7. The monoisotopic (exact) mass is 342 g/mol. The highest BCUT2D eigenvalue weighted by atomic mass is 16.3. The minimum absolute atomic E-state index is 0.0467. The normalized spacial score (nSPS) is 13.5. The molecule has 0 aliphatic rings. The van der Waals surface area contributed by atoms with E-state index >= 15 is 0 Å². The van der Waals surface area contributed by atoms with Gasteiger partial charge >= 0.3 is 0 Å². The van der Waals surface area contributed by atoms with Crippen molar-refractivity contribution in [1.29, 1.82) is 0 Å². The molecule has 6 heteroatoms. The second kappa shape index (κ2) is 13.0. The molecule has 0 radical (unpaired) electrons. The number of nitrogens with zero attached hydrogens (tertiary/aromatic N) is 1. The summed E-state index contributed by atoms with van der Waals surface area (Å²) in [6, 6.07) is 0.215. The molecule has 0 aliphatic heterocycles. The zero-order valence-electron chi connectivity index (χ0n) is 16.2. The van der Waals surface area contributed by atoms with Gasteiger partial charge in [0.25, 0.3) is 0 Å². The van der Waals surface area contributed by atoms with Crippen molar-refractivity contribution in [3.63, 3.8) is 0 Å². The van der Waals surface area contributed by atoms with Gasteiger partial charge in [-0.05, 0) is 44.9 Å². The number of rotatable bonds is 12. The largest absolute Gasteiger partial charge is 0.396 e. The number of carbonyl (C=O) groups excluding carboxylic acids is 1. The van der Waals surface area contributed by atoms with Crippen LogP contribution >= 0.6 is 0 Å². The Balaban J connectivity index is 4.54. The van der Waals surface area contributed by atoms with Crippen molar-refractivity contribution in [2.24, 2.45) is 10.4 Å². The molecular formula is C18H38N4O2. The molecule has 0 aliphatic carbocycles. The van der Waals surface area contributed by atoms with Crippen LogP contribution in [0.1, 0.15) is 66.7 Å². The molecular weight excluding hydrogens is 304 g/mol. The Morgan fingerprint density at radius 2 is 1.83 bits per heavy atom. The molecule has 0 bridgehead atoms. The van der Waals surface area contributed by atoms with Gasteiger partial charge in [0.2, 0.25) is 5.91 Å². The first-order valence-corrected chi connectivity index (χ1v) is 9.39. The van der Waals surface area contributed by atoms with Crippen LogP contribution in [-0.4, -0.2) is 49.3 Å². The van der Waals surface area contributed by atoms with Crippen LogP contribution in [0.15, 0.2) is 4.99 Å². The van der Waals surface area contributed by atoms with Crippen molar-refractivity contribution < 1.29 is 9.90 Å². The van der Waals surface area contributed by atoms with Gasteiger partial charge in [0.05, 0.1) is 0 Å². The Bertz CT molecular complexity index is 368. The third-order valence-corrected chi connectivity index (χ3v) is 4.72. The van der Waals surface area contributed by atoms with E-state index in [1.807, 2.05) is 13.8 Å². The van der Waals surface area contributed by atoms with E-state index in [2.05, 4.69) is 41.7 Å². The van der Waals surface area contributed by atoms with Gasteiger partial charge in [0.1, 0.15) is 0 Å². The quantitative estimate of drug-likeness (QED) is 0.323. The smallest absolute Gasteiger partial charge is 0.221 e. The number of carbonyl (C=O) groups is 1. The highest BCUT2D eigenvalue weighted by Crippen LogP contribution is 2.30. The molecule has 24 heavy (non-hydrogen) atoms. The maximum absolute atomic E-state index is 11.8. The maximum Gasteiger partial charge on any atom is 0.221 e. The van der Waals surface area contributed by atoms with Gasteiger partial charge in [-0.2, -0.15) is 0 Å². The summed E-state index contributed by atoms with van der Waals surface area (Å²) in [5.41, 5.74) is 0.0467. The summed E-state index contributed by atoms with van der Waals surface area (Å²) in [7, 11) is 0. The summed E-state index contributed by atoms with van der Waals surface area (Å²) in [4.78, 5) is 16.5. The standard InChI is InChI=1S/C18H38N4O2/c1-6-15(5)22-16(24)10-12-20-17(19-9-4)21-14-18(7-2,8-3)11-13-23/h15,23H,6-14H2,1-5H3,(H,22,24)(H2,19,20,21). The predicted octanol–water partition coefficient (Wildman–Crippen LogP) is 2.04. The number of guanidine groups is 1. The van der Waals surface area contributed by atoms with E-state index in [1.54, 1.807) is 0 Å². The van der Waals surface area contributed by atoms with Gasteiger partial charge in [0.15, 0.2) is 5.96 Å². The molecule has 0 rings (SSSR count). The molecule has 4 N–H and O–H groups in total. The van der Waals surface area contributed by atoms with Crippen LogP contribution in [-0.2, 0) is 4.79 Å². The molecule has 0 saturated carbocycles. The summed E-state index contributed by atoms with van der Waals surface area (Å²) < 4.78 is 0. The van der Waals surface area contributed by atoms with Crippen molar-refractivity contribution in [3.05, 3.63) is 0 Å². The molecule has 0 heterocycles. The lowest BCUT2D eigenvalue weighted by molar-refractivity contribution is -0.121. The van der Waals surface area contributed by atoms with E-state index in [-0.39, 0.29) is 24.0 Å². The van der Waals surface area contributed by atoms with E-state index in [9.17, 15) is 9.90 Å². The minimum Gasteiger partial charge on any atom is -0.396 e. The molecule has 0 aromatic heterocycles. The lowest BCUT2D eigenvalue weighted by Gasteiger charge is -2.29. The molecule has 1 atom stereocenters. The fourth-order valence-electron chi connectivity index (χ4n) is 2.48. The van der Waals surface area contributed by atoms with E-state index in [4.69, 9.17) is 0 Å². The number of aliphatic hydroxyl groups excluding tert-OH is 1. The maximum atomic E-state index is 11.8. The number of aliphatic hydroxyl groups is 1.